The number of carbonyl (C=O) groups is 2. The molecular weight excluding hydrogens is 496 g/mol. The number of rotatable bonds is 9. The van der Waals surface area contributed by atoms with Gasteiger partial charge in [-0.15, -0.1) is 0 Å². The number of Topliss-reactive ketones (excluding diaryl/α,β-unsaturated/α-hetero) is 1. The van der Waals surface area contributed by atoms with E-state index in [1.54, 1.807) is 11.0 Å². The third kappa shape index (κ3) is 5.97. The van der Waals surface area contributed by atoms with Gasteiger partial charge in [0.25, 0.3) is 11.7 Å². The Morgan fingerprint density at radius 2 is 1.90 bits per heavy atom. The van der Waals surface area contributed by atoms with Crippen LogP contribution >= 0.6 is 0 Å². The Kier molecular flexibility index (Phi) is 8.23. The molecule has 1 N–H and O–H groups in total. The maximum atomic E-state index is 13.5. The maximum Gasteiger partial charge on any atom is 0.295 e. The summed E-state index contributed by atoms with van der Waals surface area (Å²) in [6.07, 6.45) is 1.70. The number of likely N-dealkylation sites (tertiary alicyclic amines) is 1. The standard InChI is InChI=1S/C31H38N2O6/c1-20(2)9-14-38-25-6-4-5-22(19-25)28-27(29(34)23-7-8-26-24(18-23)17-21(3)39-26)30(35)31(36)33(28)11-10-32-12-15-37-16-13-32/h4-8,18-21,28,34H,9-17H2,1-3H3/t21-,28-/m1/s1. The maximum absolute atomic E-state index is 13.5. The molecule has 2 fully saturated rings. The number of carbonyl (C=O) groups excluding carboxylic acids is 2. The normalized spacial score (nSPS) is 22.8. The molecule has 3 heterocycles. The van der Waals surface area contributed by atoms with Gasteiger partial charge in [0.1, 0.15) is 23.4 Å². The third-order valence-electron chi connectivity index (χ3n) is 7.61. The predicted molar refractivity (Wildman–Crippen MR) is 148 cm³/mol. The second-order valence-electron chi connectivity index (χ2n) is 11.0. The Morgan fingerprint density at radius 3 is 2.67 bits per heavy atom. The molecule has 0 aromatic heterocycles. The largest absolute Gasteiger partial charge is 0.507 e. The molecule has 208 valence electrons. The van der Waals surface area contributed by atoms with E-state index < -0.39 is 17.7 Å². The van der Waals surface area contributed by atoms with Crippen LogP contribution in [-0.4, -0.2) is 78.7 Å². The van der Waals surface area contributed by atoms with Gasteiger partial charge in [0.05, 0.1) is 31.4 Å². The second-order valence-corrected chi connectivity index (χ2v) is 11.0. The Hall–Kier alpha value is -3.36. The highest BCUT2D eigenvalue weighted by molar-refractivity contribution is 6.46. The van der Waals surface area contributed by atoms with Crippen LogP contribution < -0.4 is 9.47 Å². The lowest BCUT2D eigenvalue weighted by atomic mass is 9.94. The lowest BCUT2D eigenvalue weighted by Crippen LogP contribution is -2.42. The van der Waals surface area contributed by atoms with E-state index in [-0.39, 0.29) is 17.4 Å². The molecule has 39 heavy (non-hydrogen) atoms. The third-order valence-corrected chi connectivity index (χ3v) is 7.61. The topological polar surface area (TPSA) is 88.5 Å². The molecule has 8 nitrogen and oxygen atoms in total. The highest BCUT2D eigenvalue weighted by atomic mass is 16.5. The van der Waals surface area contributed by atoms with Gasteiger partial charge in [-0.05, 0) is 60.7 Å². The molecule has 1 amide bonds. The Bertz CT molecular complexity index is 1250. The van der Waals surface area contributed by atoms with Crippen molar-refractivity contribution >= 4 is 17.4 Å². The molecule has 2 aromatic rings. The Balaban J connectivity index is 1.50. The van der Waals surface area contributed by atoms with Gasteiger partial charge in [0.2, 0.25) is 0 Å². The minimum Gasteiger partial charge on any atom is -0.507 e. The summed E-state index contributed by atoms with van der Waals surface area (Å²) in [5.74, 6) is 0.542. The lowest BCUT2D eigenvalue weighted by molar-refractivity contribution is -0.140. The van der Waals surface area contributed by atoms with Crippen LogP contribution in [0, 0.1) is 5.92 Å². The number of nitrogens with zero attached hydrogens (tertiary/aromatic N) is 2. The first-order chi connectivity index (χ1) is 18.8. The van der Waals surface area contributed by atoms with E-state index >= 15 is 0 Å². The number of fused-ring (bicyclic) bond motifs is 1. The number of hydrogen-bond donors (Lipinski definition) is 1. The van der Waals surface area contributed by atoms with Gasteiger partial charge in [-0.2, -0.15) is 0 Å². The van der Waals surface area contributed by atoms with Crippen molar-refractivity contribution in [3.05, 3.63) is 64.7 Å². The highest BCUT2D eigenvalue weighted by Crippen LogP contribution is 2.41. The van der Waals surface area contributed by atoms with Crippen molar-refractivity contribution in [3.63, 3.8) is 0 Å². The van der Waals surface area contributed by atoms with Crippen molar-refractivity contribution in [1.29, 1.82) is 0 Å². The number of hydrogen-bond acceptors (Lipinski definition) is 7. The molecule has 2 atom stereocenters. The van der Waals surface area contributed by atoms with Gasteiger partial charge in [-0.1, -0.05) is 26.0 Å². The Morgan fingerprint density at radius 1 is 1.10 bits per heavy atom. The predicted octanol–water partition coefficient (Wildman–Crippen LogP) is 4.19. The van der Waals surface area contributed by atoms with Crippen LogP contribution in [0.15, 0.2) is 48.0 Å². The van der Waals surface area contributed by atoms with Gasteiger partial charge in [-0.25, -0.2) is 0 Å². The zero-order chi connectivity index (χ0) is 27.5. The molecule has 0 radical (unpaired) electrons. The van der Waals surface area contributed by atoms with Crippen LogP contribution in [0.2, 0.25) is 0 Å². The van der Waals surface area contributed by atoms with Gasteiger partial charge >= 0.3 is 0 Å². The average molecular weight is 535 g/mol. The number of ketones is 1. The Labute approximate surface area is 230 Å². The molecule has 0 bridgehead atoms. The van der Waals surface area contributed by atoms with E-state index in [9.17, 15) is 14.7 Å². The summed E-state index contributed by atoms with van der Waals surface area (Å²) in [5, 5.41) is 11.5. The molecule has 2 aromatic carbocycles. The summed E-state index contributed by atoms with van der Waals surface area (Å²) in [4.78, 5) is 30.7. The minimum atomic E-state index is -0.719. The van der Waals surface area contributed by atoms with Crippen molar-refractivity contribution in [2.24, 2.45) is 5.92 Å². The van der Waals surface area contributed by atoms with Crippen molar-refractivity contribution in [2.75, 3.05) is 46.0 Å². The lowest BCUT2D eigenvalue weighted by Gasteiger charge is -2.31. The summed E-state index contributed by atoms with van der Waals surface area (Å²) in [6, 6.07) is 12.2. The first-order valence-corrected chi connectivity index (χ1v) is 13.9. The quantitative estimate of drug-likeness (QED) is 0.293. The van der Waals surface area contributed by atoms with Crippen LogP contribution in [0.3, 0.4) is 0 Å². The summed E-state index contributed by atoms with van der Waals surface area (Å²) >= 11 is 0. The smallest absolute Gasteiger partial charge is 0.295 e. The van der Waals surface area contributed by atoms with Crippen molar-refractivity contribution < 1.29 is 28.9 Å². The van der Waals surface area contributed by atoms with E-state index in [1.807, 2.05) is 43.3 Å². The van der Waals surface area contributed by atoms with E-state index in [0.29, 0.717) is 50.1 Å². The van der Waals surface area contributed by atoms with Crippen LogP contribution in [0.5, 0.6) is 11.5 Å². The zero-order valence-electron chi connectivity index (χ0n) is 23.0. The zero-order valence-corrected chi connectivity index (χ0v) is 23.0. The van der Waals surface area contributed by atoms with E-state index in [4.69, 9.17) is 14.2 Å². The number of aliphatic hydroxyl groups excluding tert-OH is 1. The number of benzene rings is 2. The number of morpholine rings is 1. The molecule has 0 spiro atoms. The first kappa shape index (κ1) is 27.2. The molecule has 2 saturated heterocycles. The molecular formula is C31H38N2O6. The molecule has 0 saturated carbocycles. The summed E-state index contributed by atoms with van der Waals surface area (Å²) in [7, 11) is 0. The van der Waals surface area contributed by atoms with Crippen molar-refractivity contribution in [1.82, 2.24) is 9.80 Å². The SMILES string of the molecule is CC(C)CCOc1cccc([C@@H]2C(=C(O)c3ccc4c(c3)C[C@@H](C)O4)C(=O)C(=O)N2CCN2CCOCC2)c1. The molecule has 3 aliphatic heterocycles. The van der Waals surface area contributed by atoms with Gasteiger partial charge in [0.15, 0.2) is 0 Å². The molecule has 5 rings (SSSR count). The van der Waals surface area contributed by atoms with Crippen LogP contribution in [-0.2, 0) is 20.7 Å². The number of aliphatic hydroxyl groups is 1. The average Bonchev–Trinajstić information content (AvgIpc) is 3.42. The van der Waals surface area contributed by atoms with E-state index in [2.05, 4.69) is 18.7 Å². The number of ether oxygens (including phenoxy) is 3. The van der Waals surface area contributed by atoms with E-state index in [0.717, 1.165) is 42.8 Å². The first-order valence-electron chi connectivity index (χ1n) is 13.9. The second kappa shape index (κ2) is 11.8. The molecule has 8 heteroatoms. The molecule has 3 aliphatic rings. The summed E-state index contributed by atoms with van der Waals surface area (Å²) in [6.45, 7) is 10.7. The number of amides is 1. The summed E-state index contributed by atoms with van der Waals surface area (Å²) < 4.78 is 17.3. The van der Waals surface area contributed by atoms with Crippen LogP contribution in [0.25, 0.3) is 5.76 Å². The fourth-order valence-electron chi connectivity index (χ4n) is 5.44. The van der Waals surface area contributed by atoms with Gasteiger partial charge in [0, 0.05) is 38.2 Å². The van der Waals surface area contributed by atoms with Crippen LogP contribution in [0.4, 0.5) is 0 Å². The highest BCUT2D eigenvalue weighted by Gasteiger charge is 2.46. The monoisotopic (exact) mass is 534 g/mol. The van der Waals surface area contributed by atoms with Gasteiger partial charge in [-0.3, -0.25) is 14.5 Å². The fraction of sp³-hybridized carbons (Fsp3) is 0.484. The van der Waals surface area contributed by atoms with E-state index in [1.165, 1.54) is 0 Å². The van der Waals surface area contributed by atoms with Crippen molar-refractivity contribution in [2.45, 2.75) is 45.8 Å². The molecule has 0 aliphatic carbocycles. The van der Waals surface area contributed by atoms with Gasteiger partial charge < -0.3 is 24.2 Å². The molecule has 0 unspecified atom stereocenters. The summed E-state index contributed by atoms with van der Waals surface area (Å²) in [5.41, 5.74) is 2.32. The van der Waals surface area contributed by atoms with Crippen LogP contribution in [0.1, 0.15) is 49.9 Å². The van der Waals surface area contributed by atoms with Crippen molar-refractivity contribution in [3.8, 4) is 11.5 Å². The minimum absolute atomic E-state index is 0.0570. The fourth-order valence-corrected chi connectivity index (χ4v) is 5.44.